The second-order valence-electron chi connectivity index (χ2n) is 10.8. The molecule has 3 aromatic carbocycles. The quantitative estimate of drug-likeness (QED) is 0.0560. The molecule has 0 saturated carbocycles. The van der Waals surface area contributed by atoms with Crippen LogP contribution >= 0.6 is 0 Å². The molecule has 0 bridgehead atoms. The first kappa shape index (κ1) is 34.7. The zero-order chi connectivity index (χ0) is 34.6. The number of amides is 2. The monoisotopic (exact) mass is 655 g/mol. The molecule has 2 amide bonds. The van der Waals surface area contributed by atoms with Gasteiger partial charge in [0, 0.05) is 35.5 Å². The molecular formula is C34H37N7O7. The number of carbonyl (C=O) groups excluding carboxylic acids is 3. The third-order valence-corrected chi connectivity index (χ3v) is 6.63. The molecule has 0 unspecified atom stereocenters. The normalized spacial score (nSPS) is 11.1. The van der Waals surface area contributed by atoms with E-state index in [0.717, 1.165) is 11.1 Å². The van der Waals surface area contributed by atoms with Gasteiger partial charge in [0.25, 0.3) is 5.56 Å². The second-order valence-corrected chi connectivity index (χ2v) is 10.8. The van der Waals surface area contributed by atoms with E-state index in [9.17, 15) is 19.2 Å². The number of nitrogens with two attached hydrogens (primary N) is 2. The zero-order valence-corrected chi connectivity index (χ0v) is 26.8. The molecule has 14 heteroatoms. The van der Waals surface area contributed by atoms with Crippen LogP contribution < -0.4 is 32.4 Å². The maximum Gasteiger partial charge on any atom is 0.513 e. The number of ether oxygens (including phenoxy) is 3. The van der Waals surface area contributed by atoms with Crippen LogP contribution in [0.5, 0.6) is 5.75 Å². The molecule has 1 heterocycles. The third kappa shape index (κ3) is 9.91. The van der Waals surface area contributed by atoms with Crippen LogP contribution in [-0.4, -0.2) is 46.2 Å². The van der Waals surface area contributed by atoms with Crippen LogP contribution in [0.2, 0.25) is 0 Å². The zero-order valence-electron chi connectivity index (χ0n) is 26.8. The van der Waals surface area contributed by atoms with Crippen molar-refractivity contribution in [1.82, 2.24) is 14.9 Å². The number of nitrogens with zero attached hydrogens (tertiary/aromatic N) is 3. The molecule has 0 aliphatic carbocycles. The molecule has 0 fully saturated rings. The van der Waals surface area contributed by atoms with Gasteiger partial charge in [0.15, 0.2) is 5.82 Å². The predicted octanol–water partition coefficient (Wildman–Crippen LogP) is 4.21. The molecule has 6 N–H and O–H groups in total. The summed E-state index contributed by atoms with van der Waals surface area (Å²) in [5.74, 6) is -0.323. The summed E-state index contributed by atoms with van der Waals surface area (Å²) in [7, 11) is 0. The Kier molecular flexibility index (Phi) is 11.9. The fourth-order valence-corrected chi connectivity index (χ4v) is 4.43. The van der Waals surface area contributed by atoms with E-state index in [0.29, 0.717) is 11.1 Å². The number of rotatable bonds is 12. The summed E-state index contributed by atoms with van der Waals surface area (Å²) >= 11 is 0. The van der Waals surface area contributed by atoms with Gasteiger partial charge in [-0.3, -0.25) is 14.2 Å². The van der Waals surface area contributed by atoms with E-state index in [1.165, 1.54) is 22.9 Å². The van der Waals surface area contributed by atoms with E-state index < -0.39 is 23.7 Å². The van der Waals surface area contributed by atoms with Crippen molar-refractivity contribution in [3.63, 3.8) is 0 Å². The lowest BCUT2D eigenvalue weighted by molar-refractivity contribution is -0.121. The molecule has 0 spiro atoms. The molecule has 0 aliphatic heterocycles. The molecule has 250 valence electrons. The Morgan fingerprint density at radius 2 is 1.71 bits per heavy atom. The van der Waals surface area contributed by atoms with Gasteiger partial charge in [-0.15, -0.1) is 0 Å². The molecule has 48 heavy (non-hydrogen) atoms. The molecule has 0 radical (unpaired) electrons. The molecule has 0 aliphatic rings. The van der Waals surface area contributed by atoms with Crippen molar-refractivity contribution in [2.75, 3.05) is 17.7 Å². The topological polar surface area (TPSA) is 202 Å². The number of hydrogen-bond donors (Lipinski definition) is 4. The molecule has 4 aromatic rings. The number of carbonyl (C=O) groups is 3. The lowest BCUT2D eigenvalue weighted by Crippen LogP contribution is -2.35. The van der Waals surface area contributed by atoms with Crippen molar-refractivity contribution in [2.45, 2.75) is 46.5 Å². The Labute approximate surface area is 276 Å². The SMILES string of the molecule is CCOC(=O)Oc1cc(N)cc(-c2cnc(NC(C)C)c(=O)n2CC(=O)NCc2ccc(/C(N)=N/C(=O)OCc3ccccc3)cc2)c1. The van der Waals surface area contributed by atoms with Gasteiger partial charge in [-0.2, -0.15) is 4.99 Å². The number of benzene rings is 3. The number of aromatic nitrogens is 2. The van der Waals surface area contributed by atoms with Gasteiger partial charge in [-0.1, -0.05) is 54.6 Å². The third-order valence-electron chi connectivity index (χ3n) is 6.63. The molecule has 4 rings (SSSR count). The Bertz CT molecular complexity index is 1840. The number of nitrogens with one attached hydrogen (secondary N) is 2. The van der Waals surface area contributed by atoms with Crippen molar-refractivity contribution in [3.05, 3.63) is 106 Å². The maximum atomic E-state index is 13.5. The van der Waals surface area contributed by atoms with Crippen LogP contribution in [0.25, 0.3) is 11.3 Å². The number of amidine groups is 1. The van der Waals surface area contributed by atoms with Crippen LogP contribution in [0, 0.1) is 0 Å². The lowest BCUT2D eigenvalue weighted by atomic mass is 10.1. The largest absolute Gasteiger partial charge is 0.513 e. The molecule has 14 nitrogen and oxygen atoms in total. The van der Waals surface area contributed by atoms with Crippen molar-refractivity contribution in [1.29, 1.82) is 0 Å². The summed E-state index contributed by atoms with van der Waals surface area (Å²) in [4.78, 5) is 58.7. The van der Waals surface area contributed by atoms with E-state index in [1.807, 2.05) is 44.2 Å². The highest BCUT2D eigenvalue weighted by molar-refractivity contribution is 6.02. The van der Waals surface area contributed by atoms with Crippen molar-refractivity contribution >= 4 is 35.5 Å². The molecule has 0 saturated heterocycles. The highest BCUT2D eigenvalue weighted by atomic mass is 16.7. The van der Waals surface area contributed by atoms with E-state index in [2.05, 4.69) is 20.6 Å². The minimum atomic E-state index is -0.912. The van der Waals surface area contributed by atoms with Gasteiger partial charge < -0.3 is 36.3 Å². The summed E-state index contributed by atoms with van der Waals surface area (Å²) < 4.78 is 16.4. The first-order valence-corrected chi connectivity index (χ1v) is 15.0. The van der Waals surface area contributed by atoms with Crippen LogP contribution in [0.15, 0.2) is 88.8 Å². The number of anilines is 2. The highest BCUT2D eigenvalue weighted by Crippen LogP contribution is 2.27. The number of aliphatic imine (C=N–C) groups is 1. The van der Waals surface area contributed by atoms with E-state index in [-0.39, 0.29) is 61.1 Å². The van der Waals surface area contributed by atoms with Gasteiger partial charge in [0.05, 0.1) is 18.5 Å². The standard InChI is InChI=1S/C34H37N7O7/c1-4-46-34(45)48-27-15-25(14-26(35)16-27)28-18-38-31(39-21(2)3)32(43)41(28)19-29(42)37-17-22-10-12-24(13-11-22)30(36)40-33(44)47-20-23-8-6-5-7-9-23/h5-16,18,21H,4,17,19-20,35H2,1-3H3,(H,37,42)(H,38,39)(H2,36,40,44). The number of nitrogen functional groups attached to an aromatic ring is 1. The summed E-state index contributed by atoms with van der Waals surface area (Å²) in [6.07, 6.45) is -0.291. The van der Waals surface area contributed by atoms with Gasteiger partial charge in [-0.25, -0.2) is 14.6 Å². The van der Waals surface area contributed by atoms with Crippen molar-refractivity contribution in [3.8, 4) is 17.0 Å². The van der Waals surface area contributed by atoms with Gasteiger partial charge in [0.2, 0.25) is 5.91 Å². The van der Waals surface area contributed by atoms with Crippen LogP contribution in [0.1, 0.15) is 37.5 Å². The Balaban J connectivity index is 1.46. The molecular weight excluding hydrogens is 618 g/mol. The first-order valence-electron chi connectivity index (χ1n) is 15.0. The Hall–Kier alpha value is -6.18. The van der Waals surface area contributed by atoms with Crippen LogP contribution in [0.4, 0.5) is 21.1 Å². The summed E-state index contributed by atoms with van der Waals surface area (Å²) in [6.45, 7) is 5.32. The highest BCUT2D eigenvalue weighted by Gasteiger charge is 2.18. The first-order chi connectivity index (χ1) is 23.0. The lowest BCUT2D eigenvalue weighted by Gasteiger charge is -2.17. The summed E-state index contributed by atoms with van der Waals surface area (Å²) in [5, 5.41) is 5.80. The molecule has 1 aromatic heterocycles. The summed E-state index contributed by atoms with van der Waals surface area (Å²) in [5.41, 5.74) is 14.5. The van der Waals surface area contributed by atoms with Gasteiger partial charge in [0.1, 0.15) is 24.7 Å². The van der Waals surface area contributed by atoms with Gasteiger partial charge >= 0.3 is 12.2 Å². The van der Waals surface area contributed by atoms with Crippen molar-refractivity contribution < 1.29 is 28.6 Å². The number of hydrogen-bond acceptors (Lipinski definition) is 10. The van der Waals surface area contributed by atoms with Crippen LogP contribution in [0.3, 0.4) is 0 Å². The van der Waals surface area contributed by atoms with Crippen molar-refractivity contribution in [2.24, 2.45) is 10.7 Å². The average Bonchev–Trinajstić information content (AvgIpc) is 3.05. The maximum absolute atomic E-state index is 13.5. The average molecular weight is 656 g/mol. The Morgan fingerprint density at radius 3 is 2.40 bits per heavy atom. The minimum Gasteiger partial charge on any atom is -0.443 e. The fraction of sp³-hybridized carbons (Fsp3) is 0.235. The molecule has 0 atom stereocenters. The predicted molar refractivity (Wildman–Crippen MR) is 180 cm³/mol. The van der Waals surface area contributed by atoms with Crippen LogP contribution in [-0.2, 0) is 34.0 Å². The van der Waals surface area contributed by atoms with E-state index >= 15 is 0 Å². The van der Waals surface area contributed by atoms with E-state index in [1.54, 1.807) is 37.3 Å². The fourth-order valence-electron chi connectivity index (χ4n) is 4.43. The summed E-state index contributed by atoms with van der Waals surface area (Å²) in [6, 6.07) is 20.4. The smallest absolute Gasteiger partial charge is 0.443 e. The Morgan fingerprint density at radius 1 is 0.979 bits per heavy atom. The van der Waals surface area contributed by atoms with Gasteiger partial charge in [-0.05, 0) is 44.0 Å². The van der Waals surface area contributed by atoms with E-state index in [4.69, 9.17) is 25.7 Å². The minimum absolute atomic E-state index is 0.0172. The second kappa shape index (κ2) is 16.4.